The van der Waals surface area contributed by atoms with Crippen LogP contribution in [0, 0.1) is 0 Å². The lowest BCUT2D eigenvalue weighted by atomic mass is 10.2. The van der Waals surface area contributed by atoms with Gasteiger partial charge in [-0.25, -0.2) is 4.68 Å². The summed E-state index contributed by atoms with van der Waals surface area (Å²) in [7, 11) is 0. The molecule has 84 valence electrons. The van der Waals surface area contributed by atoms with Gasteiger partial charge in [0, 0.05) is 12.0 Å². The molecule has 1 aromatic heterocycles. The molecule has 1 aliphatic rings. The Morgan fingerprint density at radius 3 is 3.12 bits per heavy atom. The summed E-state index contributed by atoms with van der Waals surface area (Å²) in [6, 6.07) is 5.87. The van der Waals surface area contributed by atoms with Crippen LogP contribution in [-0.2, 0) is 4.74 Å². The zero-order valence-corrected chi connectivity index (χ0v) is 9.65. The normalized spacial score (nSPS) is 21.4. The van der Waals surface area contributed by atoms with E-state index in [1.54, 1.807) is 0 Å². The van der Waals surface area contributed by atoms with E-state index in [1.807, 2.05) is 29.1 Å². The van der Waals surface area contributed by atoms with E-state index in [9.17, 15) is 0 Å². The van der Waals surface area contributed by atoms with E-state index in [0.717, 1.165) is 35.4 Å². The lowest BCUT2D eigenvalue weighted by Gasteiger charge is -2.23. The van der Waals surface area contributed by atoms with Gasteiger partial charge in [-0.3, -0.25) is 0 Å². The van der Waals surface area contributed by atoms with Gasteiger partial charge in [0.15, 0.2) is 6.23 Å². The van der Waals surface area contributed by atoms with E-state index in [0.29, 0.717) is 0 Å². The second-order valence-electron chi connectivity index (χ2n) is 4.08. The van der Waals surface area contributed by atoms with Crippen molar-refractivity contribution < 1.29 is 4.74 Å². The maximum Gasteiger partial charge on any atom is 0.150 e. The summed E-state index contributed by atoms with van der Waals surface area (Å²) in [6.45, 7) is 0.826. The van der Waals surface area contributed by atoms with E-state index >= 15 is 0 Å². The van der Waals surface area contributed by atoms with Crippen LogP contribution in [0.3, 0.4) is 0 Å². The number of nitrogens with zero attached hydrogens (tertiary/aromatic N) is 2. The highest BCUT2D eigenvalue weighted by Crippen LogP contribution is 2.28. The molecule has 0 saturated carbocycles. The molecule has 0 unspecified atom stereocenters. The Balaban J connectivity index is 2.06. The van der Waals surface area contributed by atoms with Gasteiger partial charge >= 0.3 is 0 Å². The average molecular weight is 237 g/mol. The van der Waals surface area contributed by atoms with Crippen molar-refractivity contribution in [2.75, 3.05) is 6.61 Å². The molecule has 0 spiro atoms. The molecule has 3 nitrogen and oxygen atoms in total. The zero-order chi connectivity index (χ0) is 11.0. The van der Waals surface area contributed by atoms with Gasteiger partial charge in [-0.2, -0.15) is 5.10 Å². The average Bonchev–Trinajstić information content (AvgIpc) is 2.75. The summed E-state index contributed by atoms with van der Waals surface area (Å²) in [6.07, 6.45) is 5.27. The summed E-state index contributed by atoms with van der Waals surface area (Å²) in [5, 5.41) is 6.14. The monoisotopic (exact) mass is 236 g/mol. The van der Waals surface area contributed by atoms with Crippen LogP contribution in [0.15, 0.2) is 24.4 Å². The number of fused-ring (bicyclic) bond motifs is 1. The highest BCUT2D eigenvalue weighted by molar-refractivity contribution is 6.35. The maximum absolute atomic E-state index is 6.12. The second-order valence-corrected chi connectivity index (χ2v) is 4.49. The largest absolute Gasteiger partial charge is 0.356 e. The van der Waals surface area contributed by atoms with Gasteiger partial charge < -0.3 is 4.74 Å². The SMILES string of the molecule is Clc1cccc2c1cnn2[C@H]1CCCCO1. The lowest BCUT2D eigenvalue weighted by Crippen LogP contribution is -2.18. The maximum atomic E-state index is 6.12. The van der Waals surface area contributed by atoms with E-state index in [2.05, 4.69) is 5.10 Å². The Labute approximate surface area is 99.0 Å². The standard InChI is InChI=1S/C12H13ClN2O/c13-10-4-3-5-11-9(10)8-14-15(11)12-6-1-2-7-16-12/h3-5,8,12H,1-2,6-7H2/t12-/m1/s1. The Morgan fingerprint density at radius 1 is 1.38 bits per heavy atom. The number of benzene rings is 1. The van der Waals surface area contributed by atoms with E-state index in [4.69, 9.17) is 16.3 Å². The van der Waals surface area contributed by atoms with Crippen LogP contribution in [0.2, 0.25) is 5.02 Å². The van der Waals surface area contributed by atoms with Crippen molar-refractivity contribution >= 4 is 22.5 Å². The molecule has 0 bridgehead atoms. The highest BCUT2D eigenvalue weighted by atomic mass is 35.5. The summed E-state index contributed by atoms with van der Waals surface area (Å²) in [5.41, 5.74) is 1.06. The minimum Gasteiger partial charge on any atom is -0.356 e. The fourth-order valence-electron chi connectivity index (χ4n) is 2.18. The first-order valence-electron chi connectivity index (χ1n) is 5.59. The van der Waals surface area contributed by atoms with Gasteiger partial charge in [0.25, 0.3) is 0 Å². The van der Waals surface area contributed by atoms with Crippen LogP contribution in [0.4, 0.5) is 0 Å². The molecule has 1 aliphatic heterocycles. The van der Waals surface area contributed by atoms with Crippen LogP contribution in [0.1, 0.15) is 25.5 Å². The smallest absolute Gasteiger partial charge is 0.150 e. The number of hydrogen-bond donors (Lipinski definition) is 0. The van der Waals surface area contributed by atoms with Gasteiger partial charge in [0.1, 0.15) is 0 Å². The lowest BCUT2D eigenvalue weighted by molar-refractivity contribution is -0.0366. The number of hydrogen-bond acceptors (Lipinski definition) is 2. The highest BCUT2D eigenvalue weighted by Gasteiger charge is 2.18. The van der Waals surface area contributed by atoms with Crippen molar-refractivity contribution in [3.63, 3.8) is 0 Å². The van der Waals surface area contributed by atoms with E-state index in [1.165, 1.54) is 6.42 Å². The summed E-state index contributed by atoms with van der Waals surface area (Å²) in [4.78, 5) is 0. The Morgan fingerprint density at radius 2 is 2.31 bits per heavy atom. The first-order valence-corrected chi connectivity index (χ1v) is 5.97. The van der Waals surface area contributed by atoms with Gasteiger partial charge in [0.05, 0.1) is 16.7 Å². The predicted molar refractivity (Wildman–Crippen MR) is 63.6 cm³/mol. The molecule has 0 radical (unpaired) electrons. The van der Waals surface area contributed by atoms with Crippen LogP contribution < -0.4 is 0 Å². The van der Waals surface area contributed by atoms with Gasteiger partial charge in [-0.15, -0.1) is 0 Å². The van der Waals surface area contributed by atoms with Crippen LogP contribution >= 0.6 is 11.6 Å². The minimum atomic E-state index is 0.0738. The van der Waals surface area contributed by atoms with Crippen molar-refractivity contribution in [3.05, 3.63) is 29.4 Å². The van der Waals surface area contributed by atoms with Gasteiger partial charge in [0.2, 0.25) is 0 Å². The molecule has 4 heteroatoms. The van der Waals surface area contributed by atoms with Crippen molar-refractivity contribution in [1.82, 2.24) is 9.78 Å². The van der Waals surface area contributed by atoms with E-state index in [-0.39, 0.29) is 6.23 Å². The molecular weight excluding hydrogens is 224 g/mol. The number of aromatic nitrogens is 2. The Hall–Kier alpha value is -1.06. The second kappa shape index (κ2) is 4.07. The van der Waals surface area contributed by atoms with Crippen LogP contribution in [0.25, 0.3) is 10.9 Å². The zero-order valence-electron chi connectivity index (χ0n) is 8.90. The molecule has 0 amide bonds. The number of ether oxygens (including phenoxy) is 1. The van der Waals surface area contributed by atoms with Crippen molar-refractivity contribution in [1.29, 1.82) is 0 Å². The van der Waals surface area contributed by atoms with Crippen molar-refractivity contribution in [3.8, 4) is 0 Å². The molecule has 0 N–H and O–H groups in total. The summed E-state index contributed by atoms with van der Waals surface area (Å²) < 4.78 is 7.67. The van der Waals surface area contributed by atoms with Crippen molar-refractivity contribution in [2.45, 2.75) is 25.5 Å². The third-order valence-corrected chi connectivity index (χ3v) is 3.35. The predicted octanol–water partition coefficient (Wildman–Crippen LogP) is 3.39. The molecular formula is C12H13ClN2O. The third kappa shape index (κ3) is 1.60. The first-order chi connectivity index (χ1) is 7.86. The van der Waals surface area contributed by atoms with Crippen LogP contribution in [0.5, 0.6) is 0 Å². The van der Waals surface area contributed by atoms with E-state index < -0.39 is 0 Å². The van der Waals surface area contributed by atoms with Crippen LogP contribution in [-0.4, -0.2) is 16.4 Å². The molecule has 0 aliphatic carbocycles. The molecule has 2 heterocycles. The topological polar surface area (TPSA) is 27.1 Å². The molecule has 1 fully saturated rings. The fourth-order valence-corrected chi connectivity index (χ4v) is 2.40. The Bertz CT molecular complexity index is 503. The molecule has 1 aromatic carbocycles. The molecule has 16 heavy (non-hydrogen) atoms. The third-order valence-electron chi connectivity index (χ3n) is 3.02. The van der Waals surface area contributed by atoms with Gasteiger partial charge in [-0.1, -0.05) is 17.7 Å². The number of halogens is 1. The molecule has 1 saturated heterocycles. The van der Waals surface area contributed by atoms with Gasteiger partial charge in [-0.05, 0) is 31.4 Å². The minimum absolute atomic E-state index is 0.0738. The summed E-state index contributed by atoms with van der Waals surface area (Å²) >= 11 is 6.12. The summed E-state index contributed by atoms with van der Waals surface area (Å²) in [5.74, 6) is 0. The first kappa shape index (κ1) is 10.1. The molecule has 2 aromatic rings. The quantitative estimate of drug-likeness (QED) is 0.759. The van der Waals surface area contributed by atoms with Crippen molar-refractivity contribution in [2.24, 2.45) is 0 Å². The molecule has 1 atom stereocenters. The number of rotatable bonds is 1. The molecule has 3 rings (SSSR count). The Kier molecular flexibility index (Phi) is 2.58. The fraction of sp³-hybridized carbons (Fsp3) is 0.417.